The zero-order valence-corrected chi connectivity index (χ0v) is 49.4. The minimum absolute atomic E-state index is 0.0842. The summed E-state index contributed by atoms with van der Waals surface area (Å²) in [5.41, 5.74) is 0. The summed E-state index contributed by atoms with van der Waals surface area (Å²) >= 11 is 0. The molecule has 430 valence electrons. The van der Waals surface area contributed by atoms with E-state index in [-0.39, 0.29) is 31.1 Å². The van der Waals surface area contributed by atoms with Crippen molar-refractivity contribution in [2.24, 2.45) is 0 Å². The molecule has 0 aliphatic heterocycles. The van der Waals surface area contributed by atoms with Crippen LogP contribution >= 0.6 is 0 Å². The van der Waals surface area contributed by atoms with Crippen LogP contribution in [0, 0.1) is 0 Å². The van der Waals surface area contributed by atoms with Crippen molar-refractivity contribution in [2.75, 3.05) is 13.2 Å². The molecule has 0 amide bonds. The Balaban J connectivity index is 4.18. The Morgan fingerprint density at radius 1 is 0.284 bits per heavy atom. The summed E-state index contributed by atoms with van der Waals surface area (Å²) < 4.78 is 16.9. The minimum Gasteiger partial charge on any atom is -0.462 e. The molecule has 0 saturated heterocycles. The molecule has 1 atom stereocenters. The predicted molar refractivity (Wildman–Crippen MR) is 321 cm³/mol. The van der Waals surface area contributed by atoms with E-state index < -0.39 is 6.10 Å². The van der Waals surface area contributed by atoms with Gasteiger partial charge in [-0.05, 0) is 77.0 Å². The van der Waals surface area contributed by atoms with Gasteiger partial charge in [0.1, 0.15) is 13.2 Å². The van der Waals surface area contributed by atoms with Crippen molar-refractivity contribution in [2.45, 2.75) is 341 Å². The van der Waals surface area contributed by atoms with Gasteiger partial charge in [-0.2, -0.15) is 0 Å². The van der Waals surface area contributed by atoms with Crippen LogP contribution in [-0.4, -0.2) is 37.2 Å². The number of carbonyl (C=O) groups excluding carboxylic acids is 3. The molecule has 6 heteroatoms. The quantitative estimate of drug-likeness (QED) is 0.0261. The molecule has 0 rings (SSSR count). The first-order chi connectivity index (χ1) is 36.5. The first kappa shape index (κ1) is 71.1. The Labute approximate surface area is 460 Å². The molecule has 74 heavy (non-hydrogen) atoms. The lowest BCUT2D eigenvalue weighted by Crippen LogP contribution is -2.30. The first-order valence-electron chi connectivity index (χ1n) is 32.3. The fourth-order valence-electron chi connectivity index (χ4n) is 9.42. The summed E-state index contributed by atoms with van der Waals surface area (Å²) in [5, 5.41) is 0. The molecule has 0 saturated carbocycles. The van der Waals surface area contributed by atoms with Gasteiger partial charge in [0.25, 0.3) is 0 Å². The molecule has 0 radical (unpaired) electrons. The molecule has 0 aromatic rings. The van der Waals surface area contributed by atoms with Gasteiger partial charge in [-0.25, -0.2) is 0 Å². The number of hydrogen-bond acceptors (Lipinski definition) is 6. The van der Waals surface area contributed by atoms with E-state index in [0.29, 0.717) is 19.3 Å². The van der Waals surface area contributed by atoms with Crippen molar-refractivity contribution < 1.29 is 28.6 Å². The molecule has 0 N–H and O–H groups in total. The van der Waals surface area contributed by atoms with Gasteiger partial charge in [0.05, 0.1) is 0 Å². The van der Waals surface area contributed by atoms with Crippen molar-refractivity contribution in [1.82, 2.24) is 0 Å². The molecule has 0 aromatic carbocycles. The molecule has 0 aliphatic rings. The Hall–Kier alpha value is -2.89. The normalized spacial score (nSPS) is 12.4. The van der Waals surface area contributed by atoms with Crippen LogP contribution < -0.4 is 0 Å². The number of esters is 3. The highest BCUT2D eigenvalue weighted by Gasteiger charge is 2.19. The standard InChI is InChI=1S/C68H122O6/c1-4-7-10-13-16-19-22-24-26-28-29-30-31-32-33-34-35-36-37-38-40-41-43-46-49-52-55-58-61-67(70)73-64-65(63-72-66(69)60-57-54-51-48-45-21-18-15-12-9-6-3)74-68(71)62-59-56-53-50-47-44-42-39-27-25-23-20-17-14-11-8-5-2/h8,11,15,17-18,20,25,27,42,44,65H,4-7,9-10,12-14,16,19,21-24,26,28-41,43,45-64H2,1-3H3/b11-8-,18-15-,20-17-,27-25-,44-42-. The van der Waals surface area contributed by atoms with Crippen LogP contribution in [0.3, 0.4) is 0 Å². The van der Waals surface area contributed by atoms with E-state index in [1.165, 1.54) is 193 Å². The lowest BCUT2D eigenvalue weighted by Gasteiger charge is -2.18. The summed E-state index contributed by atoms with van der Waals surface area (Å²) in [6, 6.07) is 0. The largest absolute Gasteiger partial charge is 0.462 e. The smallest absolute Gasteiger partial charge is 0.306 e. The highest BCUT2D eigenvalue weighted by Crippen LogP contribution is 2.18. The Morgan fingerprint density at radius 3 is 0.878 bits per heavy atom. The monoisotopic (exact) mass is 1030 g/mol. The maximum atomic E-state index is 12.9. The van der Waals surface area contributed by atoms with Crippen molar-refractivity contribution in [3.05, 3.63) is 60.8 Å². The second-order valence-electron chi connectivity index (χ2n) is 21.6. The van der Waals surface area contributed by atoms with Crippen molar-refractivity contribution in [1.29, 1.82) is 0 Å². The van der Waals surface area contributed by atoms with Gasteiger partial charge in [-0.3, -0.25) is 14.4 Å². The fraction of sp³-hybridized carbons (Fsp3) is 0.809. The van der Waals surface area contributed by atoms with E-state index >= 15 is 0 Å². The van der Waals surface area contributed by atoms with Gasteiger partial charge in [0, 0.05) is 19.3 Å². The minimum atomic E-state index is -0.789. The number of ether oxygens (including phenoxy) is 3. The molecular formula is C68H122O6. The lowest BCUT2D eigenvalue weighted by atomic mass is 10.0. The van der Waals surface area contributed by atoms with E-state index in [2.05, 4.69) is 81.5 Å². The van der Waals surface area contributed by atoms with Crippen LogP contribution in [-0.2, 0) is 28.6 Å². The van der Waals surface area contributed by atoms with E-state index in [9.17, 15) is 14.4 Å². The Morgan fingerprint density at radius 2 is 0.541 bits per heavy atom. The summed E-state index contributed by atoms with van der Waals surface area (Å²) in [7, 11) is 0. The van der Waals surface area contributed by atoms with Crippen LogP contribution in [0.2, 0.25) is 0 Å². The van der Waals surface area contributed by atoms with Crippen molar-refractivity contribution >= 4 is 17.9 Å². The molecule has 6 nitrogen and oxygen atoms in total. The van der Waals surface area contributed by atoms with Crippen LogP contribution in [0.25, 0.3) is 0 Å². The summed E-state index contributed by atoms with van der Waals surface area (Å²) in [5.74, 6) is -0.903. The number of carbonyl (C=O) groups is 3. The Kier molecular flexibility index (Phi) is 60.2. The van der Waals surface area contributed by atoms with Crippen molar-refractivity contribution in [3.63, 3.8) is 0 Å². The van der Waals surface area contributed by atoms with E-state index in [1.807, 2.05) is 0 Å². The maximum Gasteiger partial charge on any atom is 0.306 e. The van der Waals surface area contributed by atoms with Gasteiger partial charge in [-0.15, -0.1) is 0 Å². The highest BCUT2D eigenvalue weighted by molar-refractivity contribution is 5.71. The molecule has 0 heterocycles. The molecule has 0 bridgehead atoms. The van der Waals surface area contributed by atoms with Gasteiger partial charge < -0.3 is 14.2 Å². The number of unbranched alkanes of at least 4 members (excludes halogenated alkanes) is 38. The maximum absolute atomic E-state index is 12.9. The number of rotatable bonds is 59. The van der Waals surface area contributed by atoms with E-state index in [4.69, 9.17) is 14.2 Å². The van der Waals surface area contributed by atoms with Gasteiger partial charge >= 0.3 is 17.9 Å². The molecule has 0 aromatic heterocycles. The molecular weight excluding hydrogens is 913 g/mol. The first-order valence-corrected chi connectivity index (χ1v) is 32.3. The summed E-state index contributed by atoms with van der Waals surface area (Å²) in [6.07, 6.45) is 79.7. The Bertz CT molecular complexity index is 1330. The highest BCUT2D eigenvalue weighted by atomic mass is 16.6. The fourth-order valence-corrected chi connectivity index (χ4v) is 9.42. The predicted octanol–water partition coefficient (Wildman–Crippen LogP) is 21.9. The number of hydrogen-bond donors (Lipinski definition) is 0. The third kappa shape index (κ3) is 60.0. The van der Waals surface area contributed by atoms with Crippen LogP contribution in [0.4, 0.5) is 0 Å². The zero-order valence-electron chi connectivity index (χ0n) is 49.4. The van der Waals surface area contributed by atoms with E-state index in [0.717, 1.165) is 103 Å². The molecule has 0 spiro atoms. The molecule has 0 fully saturated rings. The van der Waals surface area contributed by atoms with Gasteiger partial charge in [0.15, 0.2) is 6.10 Å². The zero-order chi connectivity index (χ0) is 53.6. The SMILES string of the molecule is CC/C=C\C/C=C\C/C=C\C/C=C\CCCCCCC(=O)OC(COC(=O)CCCCCCC/C=C\CCCC)COC(=O)CCCCCCCCCCCCCCCCCCCCCCCCCCCCCC. The van der Waals surface area contributed by atoms with Crippen LogP contribution in [0.5, 0.6) is 0 Å². The van der Waals surface area contributed by atoms with E-state index in [1.54, 1.807) is 0 Å². The lowest BCUT2D eigenvalue weighted by molar-refractivity contribution is -0.167. The average Bonchev–Trinajstić information content (AvgIpc) is 3.40. The third-order valence-electron chi connectivity index (χ3n) is 14.3. The van der Waals surface area contributed by atoms with Gasteiger partial charge in [0.2, 0.25) is 0 Å². The van der Waals surface area contributed by atoms with Crippen LogP contribution in [0.1, 0.15) is 335 Å². The third-order valence-corrected chi connectivity index (χ3v) is 14.3. The molecule has 1 unspecified atom stereocenters. The number of allylic oxidation sites excluding steroid dienone is 10. The van der Waals surface area contributed by atoms with Crippen molar-refractivity contribution in [3.8, 4) is 0 Å². The van der Waals surface area contributed by atoms with Gasteiger partial charge in [-0.1, -0.05) is 300 Å². The summed E-state index contributed by atoms with van der Waals surface area (Å²) in [6.45, 7) is 6.50. The second kappa shape index (κ2) is 62.6. The van der Waals surface area contributed by atoms with Crippen LogP contribution in [0.15, 0.2) is 60.8 Å². The molecule has 0 aliphatic carbocycles. The summed E-state index contributed by atoms with van der Waals surface area (Å²) in [4.78, 5) is 38.2. The topological polar surface area (TPSA) is 78.9 Å². The average molecular weight is 1040 g/mol. The second-order valence-corrected chi connectivity index (χ2v) is 21.6.